The summed E-state index contributed by atoms with van der Waals surface area (Å²) in [4.78, 5) is 32.7. The molecule has 0 saturated carbocycles. The highest BCUT2D eigenvalue weighted by molar-refractivity contribution is 6.34. The second-order valence-corrected chi connectivity index (χ2v) is 4.52. The third kappa shape index (κ3) is 3.43. The van der Waals surface area contributed by atoms with E-state index in [4.69, 9.17) is 11.6 Å². The Kier molecular flexibility index (Phi) is 4.30. The predicted octanol–water partition coefficient (Wildman–Crippen LogP) is 3.31. The summed E-state index contributed by atoms with van der Waals surface area (Å²) in [5, 5.41) is 13.4. The number of nitro groups is 1. The molecule has 0 spiro atoms. The van der Waals surface area contributed by atoms with Crippen molar-refractivity contribution in [3.8, 4) is 0 Å². The van der Waals surface area contributed by atoms with Gasteiger partial charge >= 0.3 is 0 Å². The molecule has 0 aliphatic carbocycles. The van der Waals surface area contributed by atoms with E-state index in [-0.39, 0.29) is 16.3 Å². The van der Waals surface area contributed by atoms with Gasteiger partial charge in [0.25, 0.3) is 11.6 Å². The normalized spacial score (nSPS) is 9.95. The highest BCUT2D eigenvalue weighted by Crippen LogP contribution is 2.23. The van der Waals surface area contributed by atoms with E-state index in [1.807, 2.05) is 0 Å². The summed E-state index contributed by atoms with van der Waals surface area (Å²) in [6.07, 6.45) is 0.684. The summed E-state index contributed by atoms with van der Waals surface area (Å²) in [5.41, 5.74) is 0.709. The summed E-state index contributed by atoms with van der Waals surface area (Å²) >= 11 is 5.88. The number of halogens is 1. The fourth-order valence-corrected chi connectivity index (χ4v) is 1.85. The first-order valence-corrected chi connectivity index (χ1v) is 6.19. The number of nitro benzene ring substituents is 1. The molecule has 0 aliphatic rings. The molecule has 0 saturated heterocycles. The first-order chi connectivity index (χ1) is 10.0. The fraction of sp³-hybridized carbons (Fsp3) is 0. The van der Waals surface area contributed by atoms with Gasteiger partial charge in [-0.25, -0.2) is 0 Å². The molecule has 1 N–H and O–H groups in total. The van der Waals surface area contributed by atoms with Crippen molar-refractivity contribution in [2.45, 2.75) is 0 Å². The van der Waals surface area contributed by atoms with Gasteiger partial charge in [0.2, 0.25) is 0 Å². The average Bonchev–Trinajstić information content (AvgIpc) is 2.48. The lowest BCUT2D eigenvalue weighted by Gasteiger charge is -2.07. The maximum atomic E-state index is 12.1. The molecule has 2 rings (SSSR count). The molecule has 0 fully saturated rings. The van der Waals surface area contributed by atoms with E-state index in [1.54, 1.807) is 12.1 Å². The molecule has 7 heteroatoms. The molecule has 0 radical (unpaired) electrons. The van der Waals surface area contributed by atoms with Crippen molar-refractivity contribution in [3.05, 3.63) is 68.7 Å². The molecule has 1 amide bonds. The van der Waals surface area contributed by atoms with Gasteiger partial charge in [-0.2, -0.15) is 0 Å². The summed E-state index contributed by atoms with van der Waals surface area (Å²) in [7, 11) is 0. The highest BCUT2D eigenvalue weighted by Gasteiger charge is 2.15. The molecule has 6 nitrogen and oxygen atoms in total. The Labute approximate surface area is 124 Å². The maximum absolute atomic E-state index is 12.1. The second-order valence-electron chi connectivity index (χ2n) is 4.12. The van der Waals surface area contributed by atoms with Crippen LogP contribution < -0.4 is 5.32 Å². The van der Waals surface area contributed by atoms with Crippen LogP contribution in [0.5, 0.6) is 0 Å². The van der Waals surface area contributed by atoms with Crippen LogP contribution in [0.15, 0.2) is 42.5 Å². The van der Waals surface area contributed by atoms with Crippen LogP contribution in [0.2, 0.25) is 5.02 Å². The Morgan fingerprint density at radius 3 is 2.43 bits per heavy atom. The first kappa shape index (κ1) is 14.7. The molecule has 21 heavy (non-hydrogen) atoms. The molecular weight excluding hydrogens is 296 g/mol. The monoisotopic (exact) mass is 304 g/mol. The largest absolute Gasteiger partial charge is 0.322 e. The number of nitrogens with zero attached hydrogens (tertiary/aromatic N) is 1. The van der Waals surface area contributed by atoms with Gasteiger partial charge < -0.3 is 5.32 Å². The smallest absolute Gasteiger partial charge is 0.270 e. The Balaban J connectivity index is 2.24. The Morgan fingerprint density at radius 1 is 1.19 bits per heavy atom. The van der Waals surface area contributed by atoms with Crippen LogP contribution in [-0.4, -0.2) is 17.1 Å². The molecule has 0 heterocycles. The van der Waals surface area contributed by atoms with Crippen LogP contribution in [0.1, 0.15) is 20.7 Å². The average molecular weight is 305 g/mol. The summed E-state index contributed by atoms with van der Waals surface area (Å²) < 4.78 is 0. The molecule has 0 unspecified atom stereocenters. The van der Waals surface area contributed by atoms with E-state index in [9.17, 15) is 19.7 Å². The quantitative estimate of drug-likeness (QED) is 0.533. The lowest BCUT2D eigenvalue weighted by atomic mass is 10.1. The lowest BCUT2D eigenvalue weighted by Crippen LogP contribution is -2.12. The molecule has 0 atom stereocenters. The van der Waals surface area contributed by atoms with Crippen LogP contribution in [0.4, 0.5) is 11.4 Å². The van der Waals surface area contributed by atoms with E-state index < -0.39 is 10.8 Å². The molecule has 0 aliphatic heterocycles. The zero-order valence-electron chi connectivity index (χ0n) is 10.6. The number of nitrogens with one attached hydrogen (secondary N) is 1. The minimum absolute atomic E-state index is 0.00494. The van der Waals surface area contributed by atoms with Gasteiger partial charge in [-0.05, 0) is 30.3 Å². The minimum atomic E-state index is -0.605. The van der Waals surface area contributed by atoms with E-state index >= 15 is 0 Å². The highest BCUT2D eigenvalue weighted by atomic mass is 35.5. The Morgan fingerprint density at radius 2 is 1.86 bits per heavy atom. The second kappa shape index (κ2) is 6.15. The van der Waals surface area contributed by atoms with Gasteiger partial charge in [0, 0.05) is 23.4 Å². The topological polar surface area (TPSA) is 89.3 Å². The summed E-state index contributed by atoms with van der Waals surface area (Å²) in [6.45, 7) is 0. The van der Waals surface area contributed by atoms with Crippen LogP contribution in [0.3, 0.4) is 0 Å². The van der Waals surface area contributed by atoms with Crippen LogP contribution >= 0.6 is 11.6 Å². The van der Waals surface area contributed by atoms with Crippen LogP contribution in [0, 0.1) is 10.1 Å². The van der Waals surface area contributed by atoms with E-state index in [0.717, 1.165) is 6.07 Å². The number of rotatable bonds is 4. The number of hydrogen-bond acceptors (Lipinski definition) is 4. The predicted molar refractivity (Wildman–Crippen MR) is 77.9 cm³/mol. The van der Waals surface area contributed by atoms with Crippen LogP contribution in [-0.2, 0) is 0 Å². The van der Waals surface area contributed by atoms with Crippen molar-refractivity contribution < 1.29 is 14.5 Å². The Hall–Kier alpha value is -2.73. The lowest BCUT2D eigenvalue weighted by molar-refractivity contribution is -0.384. The molecule has 0 bridgehead atoms. The zero-order chi connectivity index (χ0) is 15.4. The van der Waals surface area contributed by atoms with Crippen molar-refractivity contribution in [2.75, 3.05) is 5.32 Å². The van der Waals surface area contributed by atoms with E-state index in [0.29, 0.717) is 17.5 Å². The van der Waals surface area contributed by atoms with Crippen molar-refractivity contribution in [2.24, 2.45) is 0 Å². The maximum Gasteiger partial charge on any atom is 0.270 e. The standard InChI is InChI=1S/C14H9ClN2O4/c15-13-6-5-11(17(20)21)7-12(13)14(19)16-10-3-1-9(8-18)2-4-10/h1-8H,(H,16,19). The number of carbonyl (C=O) groups is 2. The number of anilines is 1. The third-order valence-corrected chi connectivity index (χ3v) is 3.04. The molecule has 0 aromatic heterocycles. The van der Waals surface area contributed by atoms with Gasteiger partial charge in [0.05, 0.1) is 15.5 Å². The number of carbonyl (C=O) groups excluding carboxylic acids is 2. The number of aldehydes is 1. The van der Waals surface area contributed by atoms with Crippen molar-refractivity contribution in [3.63, 3.8) is 0 Å². The number of benzene rings is 2. The molecular formula is C14H9ClN2O4. The van der Waals surface area contributed by atoms with Crippen molar-refractivity contribution in [1.82, 2.24) is 0 Å². The van der Waals surface area contributed by atoms with Gasteiger partial charge in [-0.1, -0.05) is 11.6 Å². The number of hydrogen-bond donors (Lipinski definition) is 1. The number of amides is 1. The van der Waals surface area contributed by atoms with Crippen LogP contribution in [0.25, 0.3) is 0 Å². The van der Waals surface area contributed by atoms with Crippen molar-refractivity contribution in [1.29, 1.82) is 0 Å². The zero-order valence-corrected chi connectivity index (χ0v) is 11.3. The summed E-state index contributed by atoms with van der Waals surface area (Å²) in [5.74, 6) is -0.567. The molecule has 2 aromatic rings. The summed E-state index contributed by atoms with van der Waals surface area (Å²) in [6, 6.07) is 9.80. The third-order valence-electron chi connectivity index (χ3n) is 2.71. The van der Waals surface area contributed by atoms with Crippen molar-refractivity contribution >= 4 is 35.2 Å². The van der Waals surface area contributed by atoms with Gasteiger partial charge in [-0.3, -0.25) is 19.7 Å². The SMILES string of the molecule is O=Cc1ccc(NC(=O)c2cc([N+](=O)[O-])ccc2Cl)cc1. The van der Waals surface area contributed by atoms with E-state index in [2.05, 4.69) is 5.32 Å². The van der Waals surface area contributed by atoms with E-state index in [1.165, 1.54) is 24.3 Å². The number of non-ortho nitro benzene ring substituents is 1. The minimum Gasteiger partial charge on any atom is -0.322 e. The van der Waals surface area contributed by atoms with Gasteiger partial charge in [0.1, 0.15) is 6.29 Å². The van der Waals surface area contributed by atoms with Gasteiger partial charge in [-0.15, -0.1) is 0 Å². The fourth-order valence-electron chi connectivity index (χ4n) is 1.64. The molecule has 2 aromatic carbocycles. The Bertz CT molecular complexity index is 713. The van der Waals surface area contributed by atoms with Gasteiger partial charge in [0.15, 0.2) is 0 Å². The molecule has 106 valence electrons. The first-order valence-electron chi connectivity index (χ1n) is 5.82.